The molecule has 0 rings (SSSR count). The first kappa shape index (κ1) is 12.8. The molecule has 0 saturated carbocycles. The van der Waals surface area contributed by atoms with Gasteiger partial charge in [-0.3, -0.25) is 4.79 Å². The number of carbonyl (C=O) groups excluding carboxylic acids is 2. The maximum absolute atomic E-state index is 11.4. The largest absolute Gasteiger partial charge is 0.465 e. The predicted octanol–water partition coefficient (Wildman–Crippen LogP) is 1.69. The highest BCUT2D eigenvalue weighted by molar-refractivity contribution is 5.76. The minimum atomic E-state index is -0.731. The third-order valence-corrected chi connectivity index (χ3v) is 1.82. The van der Waals surface area contributed by atoms with Crippen molar-refractivity contribution in [1.82, 2.24) is 0 Å². The maximum atomic E-state index is 11.4. The lowest BCUT2D eigenvalue weighted by atomic mass is 9.94. The Balaban J connectivity index is 4.00. The molecule has 0 atom stereocenters. The van der Waals surface area contributed by atoms with Gasteiger partial charge in [-0.1, -0.05) is 13.3 Å². The first-order chi connectivity index (χ1) is 6.54. The number of hydrogen-bond donors (Lipinski definition) is 0. The molecule has 80 valence electrons. The fourth-order valence-electron chi connectivity index (χ4n) is 0.799. The average Bonchev–Trinajstić information content (AvgIpc) is 2.15. The van der Waals surface area contributed by atoms with Crippen molar-refractivity contribution in [1.29, 1.82) is 0 Å². The summed E-state index contributed by atoms with van der Waals surface area (Å²) < 4.78 is 5.02. The Bertz CT molecular complexity index is 230. The minimum Gasteiger partial charge on any atom is -0.465 e. The molecule has 0 bridgehead atoms. The Kier molecular flexibility index (Phi) is 5.81. The van der Waals surface area contributed by atoms with Crippen molar-refractivity contribution in [3.8, 4) is 0 Å². The second-order valence-electron chi connectivity index (χ2n) is 3.78. The lowest BCUT2D eigenvalue weighted by Gasteiger charge is -2.19. The first-order valence-electron chi connectivity index (χ1n) is 4.75. The van der Waals surface area contributed by atoms with Crippen LogP contribution in [0, 0.1) is 5.41 Å². The summed E-state index contributed by atoms with van der Waals surface area (Å²) >= 11 is 0. The van der Waals surface area contributed by atoms with E-state index in [1.807, 2.05) is 6.92 Å². The smallest absolute Gasteiger partial charge is 0.313 e. The van der Waals surface area contributed by atoms with Gasteiger partial charge in [0.15, 0.2) is 0 Å². The molecule has 0 fully saturated rings. The molecule has 0 amide bonds. The second-order valence-corrected chi connectivity index (χ2v) is 3.78. The molecule has 0 spiro atoms. The van der Waals surface area contributed by atoms with Crippen LogP contribution in [0.4, 0.5) is 0 Å². The number of hydrogen-bond acceptors (Lipinski definition) is 4. The van der Waals surface area contributed by atoms with E-state index < -0.39 is 5.41 Å². The molecule has 0 aliphatic carbocycles. The number of unbranched alkanes of at least 4 members (excludes halogenated alkanes) is 1. The van der Waals surface area contributed by atoms with Gasteiger partial charge in [-0.15, -0.1) is 0 Å². The Morgan fingerprint density at radius 2 is 2.14 bits per heavy atom. The number of nitrogens with zero attached hydrogens (tertiary/aromatic N) is 1. The molecule has 0 aliphatic heterocycles. The van der Waals surface area contributed by atoms with E-state index in [4.69, 9.17) is 4.74 Å². The van der Waals surface area contributed by atoms with Gasteiger partial charge in [0.05, 0.1) is 18.6 Å². The topological polar surface area (TPSA) is 55.7 Å². The molecule has 0 saturated heterocycles. The van der Waals surface area contributed by atoms with Crippen molar-refractivity contribution < 1.29 is 14.3 Å². The number of esters is 1. The Hall–Kier alpha value is -1.15. The molecule has 14 heavy (non-hydrogen) atoms. The predicted molar refractivity (Wildman–Crippen MR) is 52.6 cm³/mol. The van der Waals surface area contributed by atoms with E-state index in [2.05, 4.69) is 4.99 Å². The van der Waals surface area contributed by atoms with Crippen LogP contribution in [0.25, 0.3) is 0 Å². The molecule has 0 aromatic rings. The van der Waals surface area contributed by atoms with Gasteiger partial charge in [0, 0.05) is 0 Å². The third kappa shape index (κ3) is 4.77. The van der Waals surface area contributed by atoms with Crippen LogP contribution in [0.1, 0.15) is 33.6 Å². The summed E-state index contributed by atoms with van der Waals surface area (Å²) in [5, 5.41) is 0. The first-order valence-corrected chi connectivity index (χ1v) is 4.75. The molecule has 0 unspecified atom stereocenters. The molecule has 0 aromatic carbocycles. The van der Waals surface area contributed by atoms with Crippen molar-refractivity contribution in [2.75, 3.05) is 13.2 Å². The van der Waals surface area contributed by atoms with Gasteiger partial charge >= 0.3 is 5.97 Å². The SMILES string of the molecule is CCCCOC(=O)C(C)(C)CN=C=O. The number of carbonyl (C=O) groups is 1. The van der Waals surface area contributed by atoms with E-state index >= 15 is 0 Å². The summed E-state index contributed by atoms with van der Waals surface area (Å²) in [6.07, 6.45) is 3.26. The van der Waals surface area contributed by atoms with Crippen molar-refractivity contribution in [3.05, 3.63) is 0 Å². The maximum Gasteiger partial charge on any atom is 0.313 e. The van der Waals surface area contributed by atoms with Crippen LogP contribution in [-0.4, -0.2) is 25.2 Å². The molecule has 0 N–H and O–H groups in total. The van der Waals surface area contributed by atoms with Crippen molar-refractivity contribution >= 4 is 12.0 Å². The minimum absolute atomic E-state index is 0.126. The van der Waals surface area contributed by atoms with E-state index in [1.165, 1.54) is 6.08 Å². The van der Waals surface area contributed by atoms with Crippen LogP contribution in [0.2, 0.25) is 0 Å². The Morgan fingerprint density at radius 1 is 1.50 bits per heavy atom. The molecular formula is C10H17NO3. The van der Waals surface area contributed by atoms with Crippen LogP contribution in [0.3, 0.4) is 0 Å². The molecule has 0 aliphatic rings. The van der Waals surface area contributed by atoms with Gasteiger partial charge in [0.2, 0.25) is 6.08 Å². The zero-order valence-corrected chi connectivity index (χ0v) is 9.00. The van der Waals surface area contributed by atoms with Gasteiger partial charge < -0.3 is 4.74 Å². The number of ether oxygens (including phenoxy) is 1. The zero-order chi connectivity index (χ0) is 11.0. The van der Waals surface area contributed by atoms with Gasteiger partial charge in [-0.25, -0.2) is 9.79 Å². The monoisotopic (exact) mass is 199 g/mol. The van der Waals surface area contributed by atoms with Gasteiger partial charge in [-0.2, -0.15) is 0 Å². The molecule has 0 aromatic heterocycles. The summed E-state index contributed by atoms with van der Waals surface area (Å²) in [5.41, 5.74) is -0.731. The summed E-state index contributed by atoms with van der Waals surface area (Å²) in [7, 11) is 0. The van der Waals surface area contributed by atoms with Gasteiger partial charge in [0.1, 0.15) is 0 Å². The van der Waals surface area contributed by atoms with Crippen LogP contribution in [0.15, 0.2) is 4.99 Å². The van der Waals surface area contributed by atoms with E-state index in [-0.39, 0.29) is 12.5 Å². The summed E-state index contributed by atoms with van der Waals surface area (Å²) in [6.45, 7) is 5.98. The number of isocyanates is 1. The third-order valence-electron chi connectivity index (χ3n) is 1.82. The molecule has 4 nitrogen and oxygen atoms in total. The van der Waals surface area contributed by atoms with Crippen molar-refractivity contribution in [3.63, 3.8) is 0 Å². The molecular weight excluding hydrogens is 182 g/mol. The van der Waals surface area contributed by atoms with Crippen LogP contribution in [-0.2, 0) is 14.3 Å². The summed E-state index contributed by atoms with van der Waals surface area (Å²) in [4.78, 5) is 24.7. The van der Waals surface area contributed by atoms with Gasteiger partial charge in [0.25, 0.3) is 0 Å². The Labute approximate surface area is 84.4 Å². The lowest BCUT2D eigenvalue weighted by Crippen LogP contribution is -2.29. The highest BCUT2D eigenvalue weighted by atomic mass is 16.5. The quantitative estimate of drug-likeness (QED) is 0.283. The highest BCUT2D eigenvalue weighted by Gasteiger charge is 2.28. The van der Waals surface area contributed by atoms with E-state index in [0.29, 0.717) is 6.61 Å². The normalized spacial score (nSPS) is 10.5. The van der Waals surface area contributed by atoms with Crippen LogP contribution < -0.4 is 0 Å². The Morgan fingerprint density at radius 3 is 2.64 bits per heavy atom. The standard InChI is InChI=1S/C10H17NO3/c1-4-5-6-14-9(13)10(2,3)7-11-8-12/h4-7H2,1-3H3. The summed E-state index contributed by atoms with van der Waals surface area (Å²) in [6, 6.07) is 0. The fraction of sp³-hybridized carbons (Fsp3) is 0.800. The van der Waals surface area contributed by atoms with Crippen molar-refractivity contribution in [2.24, 2.45) is 10.4 Å². The van der Waals surface area contributed by atoms with Gasteiger partial charge in [-0.05, 0) is 20.3 Å². The number of aliphatic imine (C=N–C) groups is 1. The molecule has 0 heterocycles. The average molecular weight is 199 g/mol. The highest BCUT2D eigenvalue weighted by Crippen LogP contribution is 2.17. The molecule has 0 radical (unpaired) electrons. The summed E-state index contributed by atoms with van der Waals surface area (Å²) in [5.74, 6) is -0.315. The zero-order valence-electron chi connectivity index (χ0n) is 9.00. The van der Waals surface area contributed by atoms with E-state index in [9.17, 15) is 9.59 Å². The second kappa shape index (κ2) is 6.33. The van der Waals surface area contributed by atoms with E-state index in [1.54, 1.807) is 13.8 Å². The number of rotatable bonds is 6. The van der Waals surface area contributed by atoms with Crippen LogP contribution >= 0.6 is 0 Å². The molecule has 4 heteroatoms. The van der Waals surface area contributed by atoms with E-state index in [0.717, 1.165) is 12.8 Å². The fourth-order valence-corrected chi connectivity index (χ4v) is 0.799. The van der Waals surface area contributed by atoms with Crippen LogP contribution in [0.5, 0.6) is 0 Å². The lowest BCUT2D eigenvalue weighted by molar-refractivity contribution is -0.153. The van der Waals surface area contributed by atoms with Crippen molar-refractivity contribution in [2.45, 2.75) is 33.6 Å².